The predicted octanol–water partition coefficient (Wildman–Crippen LogP) is 1.69. The second kappa shape index (κ2) is 8.06. The van der Waals surface area contributed by atoms with Crippen molar-refractivity contribution >= 4 is 43.2 Å². The van der Waals surface area contributed by atoms with Crippen LogP contribution in [0.3, 0.4) is 0 Å². The zero-order valence-corrected chi connectivity index (χ0v) is 16.6. The monoisotopic (exact) mass is 423 g/mol. The molecule has 0 bridgehead atoms. The van der Waals surface area contributed by atoms with Crippen LogP contribution in [0.4, 0.5) is 0 Å². The third-order valence-electron chi connectivity index (χ3n) is 3.95. The molecule has 0 aliphatic carbocycles. The summed E-state index contributed by atoms with van der Waals surface area (Å²) in [5, 5.41) is 0. The van der Waals surface area contributed by atoms with Gasteiger partial charge in [-0.1, -0.05) is 0 Å². The van der Waals surface area contributed by atoms with Gasteiger partial charge in [-0.2, -0.15) is 4.31 Å². The highest BCUT2D eigenvalue weighted by Gasteiger charge is 2.30. The summed E-state index contributed by atoms with van der Waals surface area (Å²) in [4.78, 5) is 15.9. The van der Waals surface area contributed by atoms with Crippen molar-refractivity contribution in [3.63, 3.8) is 0 Å². The van der Waals surface area contributed by atoms with Crippen LogP contribution in [0.15, 0.2) is 20.1 Å². The van der Waals surface area contributed by atoms with E-state index in [-0.39, 0.29) is 5.91 Å². The number of hydrogen-bond acceptors (Lipinski definition) is 5. The van der Waals surface area contributed by atoms with E-state index in [0.29, 0.717) is 50.0 Å². The number of halogens is 1. The zero-order chi connectivity index (χ0) is 17.0. The lowest BCUT2D eigenvalue weighted by Crippen LogP contribution is -2.51. The van der Waals surface area contributed by atoms with Crippen molar-refractivity contribution in [1.29, 1.82) is 0 Å². The molecular weight excluding hydrogens is 402 g/mol. The SMILES string of the molecule is CCN(CC)C(=O)CN1CCN(S(=O)(=O)c2ccc(Br)s2)CC1. The standard InChI is InChI=1S/C14H22BrN3O3S2/c1-3-17(4-2)13(19)11-16-7-9-18(10-8-16)23(20,21)14-6-5-12(15)22-14/h5-6H,3-4,7-11H2,1-2H3. The molecule has 0 atom stereocenters. The van der Waals surface area contributed by atoms with Crippen molar-refractivity contribution in [2.45, 2.75) is 18.1 Å². The maximum Gasteiger partial charge on any atom is 0.252 e. The van der Waals surface area contributed by atoms with Crippen LogP contribution in [0.1, 0.15) is 13.8 Å². The Labute approximate surface area is 150 Å². The lowest BCUT2D eigenvalue weighted by molar-refractivity contribution is -0.132. The van der Waals surface area contributed by atoms with Crippen LogP contribution >= 0.6 is 27.3 Å². The third-order valence-corrected chi connectivity index (χ3v) is 7.94. The molecule has 0 saturated carbocycles. The van der Waals surface area contributed by atoms with Gasteiger partial charge in [0, 0.05) is 39.3 Å². The summed E-state index contributed by atoms with van der Waals surface area (Å²) in [6, 6.07) is 3.37. The van der Waals surface area contributed by atoms with Gasteiger partial charge >= 0.3 is 0 Å². The number of sulfonamides is 1. The Morgan fingerprint density at radius 1 is 1.22 bits per heavy atom. The summed E-state index contributed by atoms with van der Waals surface area (Å²) in [6.07, 6.45) is 0. The lowest BCUT2D eigenvalue weighted by atomic mass is 10.3. The van der Waals surface area contributed by atoms with Crippen molar-refractivity contribution in [2.24, 2.45) is 0 Å². The number of amides is 1. The number of carbonyl (C=O) groups is 1. The molecule has 1 fully saturated rings. The first-order valence-corrected chi connectivity index (χ1v) is 10.7. The molecule has 0 aromatic carbocycles. The van der Waals surface area contributed by atoms with Gasteiger partial charge < -0.3 is 4.90 Å². The molecule has 1 saturated heterocycles. The molecule has 1 amide bonds. The summed E-state index contributed by atoms with van der Waals surface area (Å²) in [6.45, 7) is 7.70. The smallest absolute Gasteiger partial charge is 0.252 e. The minimum absolute atomic E-state index is 0.105. The van der Waals surface area contributed by atoms with Crippen molar-refractivity contribution in [3.8, 4) is 0 Å². The second-order valence-electron chi connectivity index (χ2n) is 5.30. The highest BCUT2D eigenvalue weighted by molar-refractivity contribution is 9.11. The van der Waals surface area contributed by atoms with Gasteiger partial charge in [-0.15, -0.1) is 11.3 Å². The van der Waals surface area contributed by atoms with Gasteiger partial charge in [-0.3, -0.25) is 9.69 Å². The Bertz CT molecular complexity index is 635. The summed E-state index contributed by atoms with van der Waals surface area (Å²) >= 11 is 4.52. The van der Waals surface area contributed by atoms with Gasteiger partial charge in [0.25, 0.3) is 10.0 Å². The maximum atomic E-state index is 12.6. The molecule has 0 radical (unpaired) electrons. The summed E-state index contributed by atoms with van der Waals surface area (Å²) in [7, 11) is -3.42. The van der Waals surface area contributed by atoms with Crippen LogP contribution in [-0.2, 0) is 14.8 Å². The van der Waals surface area contributed by atoms with E-state index in [0.717, 1.165) is 3.79 Å². The fraction of sp³-hybridized carbons (Fsp3) is 0.643. The van der Waals surface area contributed by atoms with E-state index in [1.165, 1.54) is 15.6 Å². The van der Waals surface area contributed by atoms with Crippen LogP contribution in [0.25, 0.3) is 0 Å². The fourth-order valence-electron chi connectivity index (χ4n) is 2.56. The number of likely N-dealkylation sites (N-methyl/N-ethyl adjacent to an activating group) is 1. The minimum Gasteiger partial charge on any atom is -0.342 e. The van der Waals surface area contributed by atoms with Gasteiger partial charge in [0.05, 0.1) is 10.3 Å². The molecule has 130 valence electrons. The van der Waals surface area contributed by atoms with Gasteiger partial charge in [0.2, 0.25) is 5.91 Å². The Balaban J connectivity index is 1.92. The van der Waals surface area contributed by atoms with Crippen molar-refractivity contribution < 1.29 is 13.2 Å². The van der Waals surface area contributed by atoms with E-state index >= 15 is 0 Å². The topological polar surface area (TPSA) is 60.9 Å². The minimum atomic E-state index is -3.42. The highest BCUT2D eigenvalue weighted by Crippen LogP contribution is 2.28. The average Bonchev–Trinajstić information content (AvgIpc) is 2.96. The molecule has 0 unspecified atom stereocenters. The maximum absolute atomic E-state index is 12.6. The molecule has 1 aromatic heterocycles. The predicted molar refractivity (Wildman–Crippen MR) is 95.1 cm³/mol. The highest BCUT2D eigenvalue weighted by atomic mass is 79.9. The Kier molecular flexibility index (Phi) is 6.61. The first-order valence-electron chi connectivity index (χ1n) is 7.64. The van der Waals surface area contributed by atoms with Crippen LogP contribution < -0.4 is 0 Å². The van der Waals surface area contributed by atoms with Crippen molar-refractivity contribution in [1.82, 2.24) is 14.1 Å². The molecule has 1 aliphatic heterocycles. The summed E-state index contributed by atoms with van der Waals surface area (Å²) in [5.41, 5.74) is 0. The van der Waals surface area contributed by atoms with E-state index in [1.54, 1.807) is 17.0 Å². The Hall–Kier alpha value is -0.480. The second-order valence-corrected chi connectivity index (χ2v) is 9.93. The molecule has 2 rings (SSSR count). The van der Waals surface area contributed by atoms with E-state index < -0.39 is 10.0 Å². The Morgan fingerprint density at radius 3 is 2.30 bits per heavy atom. The first-order chi connectivity index (χ1) is 10.9. The summed E-state index contributed by atoms with van der Waals surface area (Å²) < 4.78 is 27.8. The van der Waals surface area contributed by atoms with E-state index in [1.807, 2.05) is 18.7 Å². The fourth-order valence-corrected chi connectivity index (χ4v) is 6.15. The molecule has 0 spiro atoms. The number of carbonyl (C=O) groups excluding carboxylic acids is 1. The molecule has 6 nitrogen and oxygen atoms in total. The molecule has 9 heteroatoms. The zero-order valence-electron chi connectivity index (χ0n) is 13.4. The van der Waals surface area contributed by atoms with Crippen molar-refractivity contribution in [2.75, 3.05) is 45.8 Å². The number of rotatable bonds is 6. The first kappa shape index (κ1) is 18.9. The van der Waals surface area contributed by atoms with E-state index in [2.05, 4.69) is 15.9 Å². The summed E-state index contributed by atoms with van der Waals surface area (Å²) in [5.74, 6) is 0.105. The number of piperazine rings is 1. The number of hydrogen-bond donors (Lipinski definition) is 0. The largest absolute Gasteiger partial charge is 0.342 e. The molecule has 0 N–H and O–H groups in total. The Morgan fingerprint density at radius 2 is 1.83 bits per heavy atom. The van der Waals surface area contributed by atoms with Gasteiger partial charge in [-0.05, 0) is 41.9 Å². The molecular formula is C14H22BrN3O3S2. The normalized spacial score (nSPS) is 17.3. The number of thiophene rings is 1. The van der Waals surface area contributed by atoms with Gasteiger partial charge in [0.1, 0.15) is 4.21 Å². The van der Waals surface area contributed by atoms with Crippen LogP contribution in [-0.4, -0.2) is 74.2 Å². The van der Waals surface area contributed by atoms with E-state index in [9.17, 15) is 13.2 Å². The lowest BCUT2D eigenvalue weighted by Gasteiger charge is -2.34. The molecule has 1 aromatic rings. The molecule has 23 heavy (non-hydrogen) atoms. The quantitative estimate of drug-likeness (QED) is 0.698. The van der Waals surface area contributed by atoms with Crippen molar-refractivity contribution in [3.05, 3.63) is 15.9 Å². The van der Waals surface area contributed by atoms with Crippen LogP contribution in [0.2, 0.25) is 0 Å². The van der Waals surface area contributed by atoms with Gasteiger partial charge in [0.15, 0.2) is 0 Å². The van der Waals surface area contributed by atoms with Gasteiger partial charge in [-0.25, -0.2) is 8.42 Å². The van der Waals surface area contributed by atoms with Crippen LogP contribution in [0.5, 0.6) is 0 Å². The average molecular weight is 424 g/mol. The molecule has 2 heterocycles. The third kappa shape index (κ3) is 4.54. The van der Waals surface area contributed by atoms with E-state index in [4.69, 9.17) is 0 Å². The molecule has 1 aliphatic rings. The van der Waals surface area contributed by atoms with Crippen LogP contribution in [0, 0.1) is 0 Å². The number of nitrogens with zero attached hydrogens (tertiary/aromatic N) is 3.